The van der Waals surface area contributed by atoms with Crippen LogP contribution in [-0.2, 0) is 16.3 Å². The first-order valence-corrected chi connectivity index (χ1v) is 5.79. The predicted octanol–water partition coefficient (Wildman–Crippen LogP) is 2.11. The van der Waals surface area contributed by atoms with E-state index in [0.717, 1.165) is 24.5 Å². The van der Waals surface area contributed by atoms with Crippen LogP contribution >= 0.6 is 0 Å². The molecular weight excluding hydrogens is 245 g/mol. The third-order valence-corrected chi connectivity index (χ3v) is 3.51. The van der Waals surface area contributed by atoms with Crippen molar-refractivity contribution in [1.82, 2.24) is 4.98 Å². The minimum atomic E-state index is -4.40. The minimum Gasteiger partial charge on any atom is -0.381 e. The van der Waals surface area contributed by atoms with Gasteiger partial charge in [-0.05, 0) is 24.5 Å². The summed E-state index contributed by atoms with van der Waals surface area (Å²) in [6, 6.07) is 2.50. The molecule has 0 atom stereocenters. The molecule has 6 heteroatoms. The first-order valence-electron chi connectivity index (χ1n) is 5.79. The second-order valence-electron chi connectivity index (χ2n) is 4.53. The Labute approximate surface area is 103 Å². The monoisotopic (exact) mass is 260 g/mol. The van der Waals surface area contributed by atoms with Crippen molar-refractivity contribution in [1.29, 1.82) is 0 Å². The summed E-state index contributed by atoms with van der Waals surface area (Å²) in [5, 5.41) is 0. The number of pyridine rings is 1. The fourth-order valence-corrected chi connectivity index (χ4v) is 2.25. The lowest BCUT2D eigenvalue weighted by atomic mass is 9.75. The van der Waals surface area contributed by atoms with E-state index in [1.807, 2.05) is 0 Å². The van der Waals surface area contributed by atoms with E-state index in [4.69, 9.17) is 10.5 Å². The number of hydrogen-bond acceptors (Lipinski definition) is 3. The molecule has 2 heterocycles. The molecule has 1 aromatic rings. The van der Waals surface area contributed by atoms with Crippen LogP contribution in [0.1, 0.15) is 24.1 Å². The molecule has 2 N–H and O–H groups in total. The van der Waals surface area contributed by atoms with Gasteiger partial charge in [0.25, 0.3) is 0 Å². The van der Waals surface area contributed by atoms with Crippen molar-refractivity contribution in [3.8, 4) is 0 Å². The topological polar surface area (TPSA) is 48.1 Å². The van der Waals surface area contributed by atoms with Crippen LogP contribution in [0.5, 0.6) is 0 Å². The number of hydrogen-bond donors (Lipinski definition) is 1. The van der Waals surface area contributed by atoms with Crippen LogP contribution in [0.25, 0.3) is 0 Å². The van der Waals surface area contributed by atoms with Gasteiger partial charge in [-0.25, -0.2) is 0 Å². The van der Waals surface area contributed by atoms with Crippen molar-refractivity contribution in [2.45, 2.75) is 24.4 Å². The zero-order valence-corrected chi connectivity index (χ0v) is 9.83. The van der Waals surface area contributed by atoms with E-state index < -0.39 is 11.9 Å². The Morgan fingerprint density at radius 3 is 2.39 bits per heavy atom. The summed E-state index contributed by atoms with van der Waals surface area (Å²) in [5.41, 5.74) is 5.39. The van der Waals surface area contributed by atoms with Gasteiger partial charge in [-0.15, -0.1) is 0 Å². The molecule has 0 radical (unpaired) electrons. The highest BCUT2D eigenvalue weighted by Crippen LogP contribution is 2.35. The summed E-state index contributed by atoms with van der Waals surface area (Å²) in [6.07, 6.45) is -1.67. The van der Waals surface area contributed by atoms with Gasteiger partial charge in [0, 0.05) is 31.4 Å². The zero-order valence-electron chi connectivity index (χ0n) is 9.83. The van der Waals surface area contributed by atoms with Crippen molar-refractivity contribution >= 4 is 0 Å². The van der Waals surface area contributed by atoms with Gasteiger partial charge in [0.15, 0.2) is 0 Å². The first-order chi connectivity index (χ1) is 8.48. The Kier molecular flexibility index (Phi) is 3.59. The number of alkyl halides is 3. The van der Waals surface area contributed by atoms with Gasteiger partial charge >= 0.3 is 6.18 Å². The molecule has 2 rings (SSSR count). The van der Waals surface area contributed by atoms with Gasteiger partial charge in [-0.3, -0.25) is 4.98 Å². The summed E-state index contributed by atoms with van der Waals surface area (Å²) < 4.78 is 42.6. The lowest BCUT2D eigenvalue weighted by Crippen LogP contribution is -2.40. The molecular formula is C12H15F3N2O. The van der Waals surface area contributed by atoms with Gasteiger partial charge in [0.1, 0.15) is 5.69 Å². The molecule has 0 aromatic carbocycles. The van der Waals surface area contributed by atoms with E-state index in [1.54, 1.807) is 0 Å². The number of nitrogens with two attached hydrogens (primary N) is 1. The average molecular weight is 260 g/mol. The normalized spacial score (nSPS) is 19.8. The number of rotatable bonds is 2. The van der Waals surface area contributed by atoms with Crippen LogP contribution in [-0.4, -0.2) is 24.7 Å². The van der Waals surface area contributed by atoms with Crippen molar-refractivity contribution in [2.24, 2.45) is 5.73 Å². The number of nitrogens with zero attached hydrogens (tertiary/aromatic N) is 1. The Balaban J connectivity index is 2.27. The summed E-state index contributed by atoms with van der Waals surface area (Å²) in [4.78, 5) is 3.50. The largest absolute Gasteiger partial charge is 0.433 e. The van der Waals surface area contributed by atoms with E-state index in [0.29, 0.717) is 19.8 Å². The van der Waals surface area contributed by atoms with Gasteiger partial charge in [-0.2, -0.15) is 13.2 Å². The molecule has 1 aliphatic rings. The molecule has 3 nitrogen and oxygen atoms in total. The standard InChI is InChI=1S/C12H15F3N2O/c13-12(14,15)10-2-1-9(7-17-10)11(8-16)3-5-18-6-4-11/h1-2,7H,3-6,8,16H2. The molecule has 18 heavy (non-hydrogen) atoms. The molecule has 0 saturated carbocycles. The van der Waals surface area contributed by atoms with Crippen LogP contribution in [0.15, 0.2) is 18.3 Å². The fraction of sp³-hybridized carbons (Fsp3) is 0.583. The summed E-state index contributed by atoms with van der Waals surface area (Å²) in [5.74, 6) is 0. The third kappa shape index (κ3) is 2.49. The Morgan fingerprint density at radius 2 is 1.94 bits per heavy atom. The molecule has 0 bridgehead atoms. The maximum Gasteiger partial charge on any atom is 0.433 e. The minimum absolute atomic E-state index is 0.296. The van der Waals surface area contributed by atoms with E-state index in [-0.39, 0.29) is 5.41 Å². The van der Waals surface area contributed by atoms with Gasteiger partial charge in [0.05, 0.1) is 0 Å². The molecule has 0 aliphatic carbocycles. The zero-order chi connectivity index (χ0) is 13.2. The van der Waals surface area contributed by atoms with Crippen LogP contribution in [0.4, 0.5) is 13.2 Å². The first kappa shape index (κ1) is 13.3. The van der Waals surface area contributed by atoms with E-state index in [9.17, 15) is 13.2 Å². The summed E-state index contributed by atoms with van der Waals surface area (Å²) in [6.45, 7) is 1.56. The number of halogens is 3. The molecule has 1 fully saturated rings. The highest BCUT2D eigenvalue weighted by atomic mass is 19.4. The van der Waals surface area contributed by atoms with Crippen molar-refractivity contribution in [2.75, 3.05) is 19.8 Å². The van der Waals surface area contributed by atoms with E-state index >= 15 is 0 Å². The third-order valence-electron chi connectivity index (χ3n) is 3.51. The molecule has 1 aliphatic heterocycles. The lowest BCUT2D eigenvalue weighted by Gasteiger charge is -2.36. The van der Waals surface area contributed by atoms with Gasteiger partial charge < -0.3 is 10.5 Å². The Morgan fingerprint density at radius 1 is 1.28 bits per heavy atom. The SMILES string of the molecule is NCC1(c2ccc(C(F)(F)F)nc2)CCOCC1. The fourth-order valence-electron chi connectivity index (χ4n) is 2.25. The number of aromatic nitrogens is 1. The molecule has 0 spiro atoms. The average Bonchev–Trinajstić information content (AvgIpc) is 2.39. The summed E-state index contributed by atoms with van der Waals surface area (Å²) >= 11 is 0. The van der Waals surface area contributed by atoms with Gasteiger partial charge in [-0.1, -0.05) is 6.07 Å². The molecule has 1 saturated heterocycles. The maximum atomic E-state index is 12.4. The number of ether oxygens (including phenoxy) is 1. The van der Waals surface area contributed by atoms with E-state index in [1.165, 1.54) is 12.3 Å². The quantitative estimate of drug-likeness (QED) is 0.886. The molecule has 0 unspecified atom stereocenters. The summed E-state index contributed by atoms with van der Waals surface area (Å²) in [7, 11) is 0. The second-order valence-corrected chi connectivity index (χ2v) is 4.53. The van der Waals surface area contributed by atoms with E-state index in [2.05, 4.69) is 4.98 Å². The smallest absolute Gasteiger partial charge is 0.381 e. The lowest BCUT2D eigenvalue weighted by molar-refractivity contribution is -0.141. The Bertz CT molecular complexity index is 397. The highest BCUT2D eigenvalue weighted by molar-refractivity contribution is 5.26. The van der Waals surface area contributed by atoms with Crippen molar-refractivity contribution in [3.05, 3.63) is 29.6 Å². The molecule has 1 aromatic heterocycles. The van der Waals surface area contributed by atoms with Crippen LogP contribution in [0.2, 0.25) is 0 Å². The molecule has 100 valence electrons. The predicted molar refractivity (Wildman–Crippen MR) is 60.0 cm³/mol. The van der Waals surface area contributed by atoms with Gasteiger partial charge in [0.2, 0.25) is 0 Å². The van der Waals surface area contributed by atoms with Crippen LogP contribution in [0.3, 0.4) is 0 Å². The van der Waals surface area contributed by atoms with Crippen LogP contribution < -0.4 is 5.73 Å². The second kappa shape index (κ2) is 4.85. The van der Waals surface area contributed by atoms with Crippen molar-refractivity contribution in [3.63, 3.8) is 0 Å². The highest BCUT2D eigenvalue weighted by Gasteiger charge is 2.36. The van der Waals surface area contributed by atoms with Crippen molar-refractivity contribution < 1.29 is 17.9 Å². The Hall–Kier alpha value is -1.14. The maximum absolute atomic E-state index is 12.4. The van der Waals surface area contributed by atoms with Crippen LogP contribution in [0, 0.1) is 0 Å². The molecule has 0 amide bonds.